The fourth-order valence-corrected chi connectivity index (χ4v) is 2.04. The van der Waals surface area contributed by atoms with Crippen LogP contribution in [0.1, 0.15) is 21.5 Å². The molecule has 0 heterocycles. The van der Waals surface area contributed by atoms with Crippen LogP contribution in [0.25, 0.3) is 6.08 Å². The van der Waals surface area contributed by atoms with Crippen molar-refractivity contribution >= 4 is 18.0 Å². The summed E-state index contributed by atoms with van der Waals surface area (Å²) in [4.78, 5) is 23.6. The molecule has 1 N–H and O–H groups in total. The molecule has 25 heavy (non-hydrogen) atoms. The summed E-state index contributed by atoms with van der Waals surface area (Å²) in [6, 6.07) is 11.7. The van der Waals surface area contributed by atoms with E-state index in [4.69, 9.17) is 9.47 Å². The Kier molecular flexibility index (Phi) is 5.79. The van der Waals surface area contributed by atoms with Crippen molar-refractivity contribution in [2.75, 3.05) is 14.2 Å². The van der Waals surface area contributed by atoms with Crippen molar-refractivity contribution < 1.29 is 28.9 Å². The highest BCUT2D eigenvalue weighted by Gasteiger charge is 2.19. The number of methoxy groups -OCH3 is 2. The number of para-hydroxylation sites is 1. The Morgan fingerprint density at radius 1 is 1.00 bits per heavy atom. The van der Waals surface area contributed by atoms with Gasteiger partial charge in [0.2, 0.25) is 5.76 Å². The lowest BCUT2D eigenvalue weighted by Gasteiger charge is -2.11. The molecule has 2 aromatic rings. The molecule has 0 saturated heterocycles. The Balaban J connectivity index is 2.40. The van der Waals surface area contributed by atoms with Crippen molar-refractivity contribution in [2.24, 2.45) is 0 Å². The lowest BCUT2D eigenvalue weighted by molar-refractivity contribution is -0.138. The van der Waals surface area contributed by atoms with E-state index in [-0.39, 0.29) is 17.1 Å². The highest BCUT2D eigenvalue weighted by atomic mass is 16.6. The predicted molar refractivity (Wildman–Crippen MR) is 91.2 cm³/mol. The number of hydrogen-bond acceptors (Lipinski definition) is 6. The number of carbonyl (C=O) groups excluding carboxylic acids is 2. The number of carbonyl (C=O) groups is 2. The quantitative estimate of drug-likeness (QED) is 0.511. The molecule has 0 aliphatic heterocycles. The van der Waals surface area contributed by atoms with Crippen molar-refractivity contribution in [3.63, 3.8) is 0 Å². The van der Waals surface area contributed by atoms with Gasteiger partial charge in [0.25, 0.3) is 0 Å². The van der Waals surface area contributed by atoms with E-state index >= 15 is 0 Å². The van der Waals surface area contributed by atoms with Crippen LogP contribution in [0.3, 0.4) is 0 Å². The van der Waals surface area contributed by atoms with Gasteiger partial charge in [-0.1, -0.05) is 35.9 Å². The third-order valence-electron chi connectivity index (χ3n) is 3.39. The summed E-state index contributed by atoms with van der Waals surface area (Å²) in [5.74, 6) is -2.06. The second kappa shape index (κ2) is 8.01. The average Bonchev–Trinajstić information content (AvgIpc) is 2.63. The van der Waals surface area contributed by atoms with Crippen LogP contribution < -0.4 is 4.74 Å². The van der Waals surface area contributed by atoms with E-state index in [1.54, 1.807) is 0 Å². The van der Waals surface area contributed by atoms with Gasteiger partial charge in [-0.25, -0.2) is 9.59 Å². The molecule has 0 radical (unpaired) electrons. The summed E-state index contributed by atoms with van der Waals surface area (Å²) in [5, 5.41) is 10.2. The van der Waals surface area contributed by atoms with Crippen LogP contribution >= 0.6 is 0 Å². The SMILES string of the molecule is COC(=O)/C(=C\c1ccc(C)cc1)Oc1cccc(C(=O)OC)c1O. The maximum Gasteiger partial charge on any atom is 0.373 e. The largest absolute Gasteiger partial charge is 0.504 e. The van der Waals surface area contributed by atoms with Crippen LogP contribution in [0.5, 0.6) is 11.5 Å². The number of aromatic hydroxyl groups is 1. The minimum atomic E-state index is -0.719. The summed E-state index contributed by atoms with van der Waals surface area (Å²) >= 11 is 0. The number of benzene rings is 2. The van der Waals surface area contributed by atoms with E-state index in [1.807, 2.05) is 31.2 Å². The van der Waals surface area contributed by atoms with Gasteiger partial charge in [-0.15, -0.1) is 0 Å². The zero-order valence-corrected chi connectivity index (χ0v) is 14.1. The topological polar surface area (TPSA) is 82.1 Å². The summed E-state index contributed by atoms with van der Waals surface area (Å²) in [5.41, 5.74) is 1.72. The molecule has 0 aromatic heterocycles. The maximum absolute atomic E-state index is 12.0. The molecule has 0 aliphatic carbocycles. The van der Waals surface area contributed by atoms with Crippen LogP contribution in [0.4, 0.5) is 0 Å². The summed E-state index contributed by atoms with van der Waals surface area (Å²) in [6.45, 7) is 1.95. The molecule has 0 unspecified atom stereocenters. The number of hydrogen-bond donors (Lipinski definition) is 1. The molecule has 0 amide bonds. The van der Waals surface area contributed by atoms with E-state index in [9.17, 15) is 14.7 Å². The molecule has 0 atom stereocenters. The van der Waals surface area contributed by atoms with Gasteiger partial charge in [0.1, 0.15) is 5.56 Å². The van der Waals surface area contributed by atoms with E-state index in [1.165, 1.54) is 38.5 Å². The van der Waals surface area contributed by atoms with Crippen molar-refractivity contribution in [1.29, 1.82) is 0 Å². The minimum Gasteiger partial charge on any atom is -0.504 e. The fourth-order valence-electron chi connectivity index (χ4n) is 2.04. The molecule has 130 valence electrons. The van der Waals surface area contributed by atoms with Gasteiger partial charge < -0.3 is 19.3 Å². The second-order valence-electron chi connectivity index (χ2n) is 5.16. The van der Waals surface area contributed by atoms with Gasteiger partial charge in [0.05, 0.1) is 14.2 Å². The number of esters is 2. The first kappa shape index (κ1) is 18.1. The third-order valence-corrected chi connectivity index (χ3v) is 3.39. The van der Waals surface area contributed by atoms with Crippen LogP contribution in [0.15, 0.2) is 48.2 Å². The number of phenols is 1. The van der Waals surface area contributed by atoms with Gasteiger partial charge in [-0.2, -0.15) is 0 Å². The van der Waals surface area contributed by atoms with E-state index in [2.05, 4.69) is 4.74 Å². The zero-order valence-electron chi connectivity index (χ0n) is 14.1. The molecule has 0 bridgehead atoms. The van der Waals surface area contributed by atoms with Crippen molar-refractivity contribution in [2.45, 2.75) is 6.92 Å². The van der Waals surface area contributed by atoms with Crippen LogP contribution in [-0.2, 0) is 14.3 Å². The van der Waals surface area contributed by atoms with Crippen LogP contribution in [0.2, 0.25) is 0 Å². The fraction of sp³-hybridized carbons (Fsp3) is 0.158. The molecule has 2 aromatic carbocycles. The van der Waals surface area contributed by atoms with Gasteiger partial charge >= 0.3 is 11.9 Å². The molecule has 0 spiro atoms. The second-order valence-corrected chi connectivity index (χ2v) is 5.16. The van der Waals surface area contributed by atoms with Crippen molar-refractivity contribution in [1.82, 2.24) is 0 Å². The highest BCUT2D eigenvalue weighted by molar-refractivity contribution is 5.94. The first-order chi connectivity index (χ1) is 12.0. The molecular formula is C19H18O6. The lowest BCUT2D eigenvalue weighted by atomic mass is 10.1. The number of rotatable bonds is 5. The monoisotopic (exact) mass is 342 g/mol. The number of aryl methyl sites for hydroxylation is 1. The van der Waals surface area contributed by atoms with Crippen molar-refractivity contribution in [3.05, 3.63) is 64.9 Å². The molecular weight excluding hydrogens is 324 g/mol. The average molecular weight is 342 g/mol. The molecule has 0 fully saturated rings. The third kappa shape index (κ3) is 4.38. The van der Waals surface area contributed by atoms with Gasteiger partial charge in [-0.3, -0.25) is 0 Å². The highest BCUT2D eigenvalue weighted by Crippen LogP contribution is 2.32. The lowest BCUT2D eigenvalue weighted by Crippen LogP contribution is -2.11. The number of phenolic OH excluding ortho intramolecular Hbond substituents is 1. The summed E-state index contributed by atoms with van der Waals surface area (Å²) in [7, 11) is 2.42. The standard InChI is InChI=1S/C19H18O6/c1-12-7-9-13(10-8-12)11-16(19(22)24-3)25-15-6-4-5-14(17(15)20)18(21)23-2/h4-11,20H,1-3H3/b16-11+. The smallest absolute Gasteiger partial charge is 0.373 e. The Bertz CT molecular complexity index is 805. The van der Waals surface area contributed by atoms with E-state index < -0.39 is 17.7 Å². The normalized spacial score (nSPS) is 10.9. The number of ether oxygens (including phenoxy) is 3. The molecule has 2 rings (SSSR count). The molecule has 0 aliphatic rings. The zero-order chi connectivity index (χ0) is 18.4. The predicted octanol–water partition coefficient (Wildman–Crippen LogP) is 3.08. The van der Waals surface area contributed by atoms with Gasteiger partial charge in [0.15, 0.2) is 11.5 Å². The maximum atomic E-state index is 12.0. The summed E-state index contributed by atoms with van der Waals surface area (Å²) < 4.78 is 14.8. The minimum absolute atomic E-state index is 0.0633. The van der Waals surface area contributed by atoms with E-state index in [0.29, 0.717) is 0 Å². The first-order valence-corrected chi connectivity index (χ1v) is 7.41. The van der Waals surface area contributed by atoms with Crippen LogP contribution in [0, 0.1) is 6.92 Å². The summed E-state index contributed by atoms with van der Waals surface area (Å²) in [6.07, 6.45) is 1.48. The van der Waals surface area contributed by atoms with E-state index in [0.717, 1.165) is 11.1 Å². The Morgan fingerprint density at radius 2 is 1.68 bits per heavy atom. The van der Waals surface area contributed by atoms with Gasteiger partial charge in [-0.05, 0) is 30.7 Å². The van der Waals surface area contributed by atoms with Gasteiger partial charge in [0, 0.05) is 0 Å². The van der Waals surface area contributed by atoms with Crippen LogP contribution in [-0.4, -0.2) is 31.3 Å². The Morgan fingerprint density at radius 3 is 2.28 bits per heavy atom. The first-order valence-electron chi connectivity index (χ1n) is 7.41. The molecule has 0 saturated carbocycles. The Hall–Kier alpha value is -3.28. The Labute approximate surface area is 145 Å². The molecule has 6 heteroatoms. The molecule has 6 nitrogen and oxygen atoms in total. The van der Waals surface area contributed by atoms with Crippen molar-refractivity contribution in [3.8, 4) is 11.5 Å².